The Kier molecular flexibility index (Phi) is 3.29. The minimum atomic E-state index is 0.293. The molecule has 1 aliphatic rings. The number of halogens is 1. The molecule has 1 saturated heterocycles. The second-order valence-corrected chi connectivity index (χ2v) is 5.28. The normalized spacial score (nSPS) is 21.1. The molecule has 80 valence electrons. The molecule has 1 amide bonds. The van der Waals surface area contributed by atoms with Gasteiger partial charge >= 0.3 is 0 Å². The molecule has 1 aliphatic heterocycles. The summed E-state index contributed by atoms with van der Waals surface area (Å²) < 4.78 is 1.23. The molecule has 0 N–H and O–H groups in total. The maximum atomic E-state index is 11.6. The summed E-state index contributed by atoms with van der Waals surface area (Å²) in [5.41, 5.74) is 1.22. The molecule has 0 radical (unpaired) electrons. The van der Waals surface area contributed by atoms with Crippen LogP contribution in [-0.4, -0.2) is 16.8 Å². The molecule has 0 bridgehead atoms. The van der Waals surface area contributed by atoms with Crippen molar-refractivity contribution in [2.75, 3.05) is 0 Å². The predicted molar refractivity (Wildman–Crippen MR) is 68.4 cm³/mol. The Morgan fingerprint density at radius 3 is 2.60 bits per heavy atom. The third-order valence-corrected chi connectivity index (χ3v) is 3.61. The van der Waals surface area contributed by atoms with Crippen molar-refractivity contribution in [3.63, 3.8) is 0 Å². The fraction of sp³-hybridized carbons (Fsp3) is 0.417. The van der Waals surface area contributed by atoms with Crippen molar-refractivity contribution in [1.29, 1.82) is 0 Å². The van der Waals surface area contributed by atoms with Crippen LogP contribution in [0.1, 0.15) is 25.3 Å². The Hall–Kier alpha value is -0.580. The van der Waals surface area contributed by atoms with E-state index in [1.54, 1.807) is 0 Å². The first-order chi connectivity index (χ1) is 7.16. The molecule has 0 spiro atoms. The predicted octanol–water partition coefficient (Wildman–Crippen LogP) is 2.80. The highest BCUT2D eigenvalue weighted by molar-refractivity contribution is 14.1. The zero-order chi connectivity index (χ0) is 10.8. The molecule has 15 heavy (non-hydrogen) atoms. The molecule has 2 nitrogen and oxygen atoms in total. The third kappa shape index (κ3) is 2.51. The molecule has 1 aromatic carbocycles. The standard InChI is InChI=1S/C12H14INO/c1-9-2-7-12(15)14(9)8-10-3-5-11(13)6-4-10/h3-6,9H,2,7-8H2,1H3. The van der Waals surface area contributed by atoms with Crippen LogP contribution in [0.3, 0.4) is 0 Å². The number of carbonyl (C=O) groups is 1. The van der Waals surface area contributed by atoms with Crippen molar-refractivity contribution in [1.82, 2.24) is 4.90 Å². The number of hydrogen-bond acceptors (Lipinski definition) is 1. The number of likely N-dealkylation sites (tertiary alicyclic amines) is 1. The molecule has 0 saturated carbocycles. The molecular weight excluding hydrogens is 301 g/mol. The van der Waals surface area contributed by atoms with Gasteiger partial charge in [-0.3, -0.25) is 4.79 Å². The van der Waals surface area contributed by atoms with E-state index in [1.807, 2.05) is 4.90 Å². The molecule has 1 unspecified atom stereocenters. The van der Waals surface area contributed by atoms with E-state index < -0.39 is 0 Å². The van der Waals surface area contributed by atoms with Gasteiger partial charge < -0.3 is 4.90 Å². The maximum absolute atomic E-state index is 11.6. The van der Waals surface area contributed by atoms with Gasteiger partial charge in [0.15, 0.2) is 0 Å². The van der Waals surface area contributed by atoms with Gasteiger partial charge in [0.25, 0.3) is 0 Å². The highest BCUT2D eigenvalue weighted by atomic mass is 127. The minimum Gasteiger partial charge on any atom is -0.336 e. The molecule has 1 atom stereocenters. The molecule has 3 heteroatoms. The van der Waals surface area contributed by atoms with Gasteiger partial charge in [0.05, 0.1) is 0 Å². The lowest BCUT2D eigenvalue weighted by atomic mass is 10.2. The summed E-state index contributed by atoms with van der Waals surface area (Å²) in [6.07, 6.45) is 1.72. The SMILES string of the molecule is CC1CCC(=O)N1Cc1ccc(I)cc1. The van der Waals surface area contributed by atoms with Gasteiger partial charge in [-0.1, -0.05) is 12.1 Å². The topological polar surface area (TPSA) is 20.3 Å². The van der Waals surface area contributed by atoms with Crippen molar-refractivity contribution in [3.05, 3.63) is 33.4 Å². The maximum Gasteiger partial charge on any atom is 0.223 e. The first-order valence-electron chi connectivity index (χ1n) is 5.21. The second-order valence-electron chi connectivity index (χ2n) is 4.04. The summed E-state index contributed by atoms with van der Waals surface area (Å²) in [6, 6.07) is 8.76. The lowest BCUT2D eigenvalue weighted by Gasteiger charge is -2.21. The zero-order valence-electron chi connectivity index (χ0n) is 8.74. The van der Waals surface area contributed by atoms with Gasteiger partial charge in [0.1, 0.15) is 0 Å². The van der Waals surface area contributed by atoms with Crippen LogP contribution in [0.15, 0.2) is 24.3 Å². The lowest BCUT2D eigenvalue weighted by molar-refractivity contribution is -0.129. The number of amides is 1. The monoisotopic (exact) mass is 315 g/mol. The number of rotatable bonds is 2. The summed E-state index contributed by atoms with van der Waals surface area (Å²) in [5.74, 6) is 0.293. The van der Waals surface area contributed by atoms with Gasteiger partial charge in [0.2, 0.25) is 5.91 Å². The Morgan fingerprint density at radius 1 is 1.40 bits per heavy atom. The van der Waals surface area contributed by atoms with E-state index >= 15 is 0 Å². The number of nitrogens with zero attached hydrogens (tertiary/aromatic N) is 1. The van der Waals surface area contributed by atoms with Crippen LogP contribution < -0.4 is 0 Å². The second kappa shape index (κ2) is 4.51. The smallest absolute Gasteiger partial charge is 0.223 e. The van der Waals surface area contributed by atoms with Gasteiger partial charge in [-0.25, -0.2) is 0 Å². The van der Waals surface area contributed by atoms with Crippen molar-refractivity contribution >= 4 is 28.5 Å². The summed E-state index contributed by atoms with van der Waals surface area (Å²) in [4.78, 5) is 13.6. The molecular formula is C12H14INO. The first-order valence-corrected chi connectivity index (χ1v) is 6.28. The van der Waals surface area contributed by atoms with Crippen LogP contribution in [-0.2, 0) is 11.3 Å². The molecule has 0 aliphatic carbocycles. The van der Waals surface area contributed by atoms with Crippen LogP contribution in [0.4, 0.5) is 0 Å². The molecule has 1 heterocycles. The van der Waals surface area contributed by atoms with Gasteiger partial charge in [-0.2, -0.15) is 0 Å². The van der Waals surface area contributed by atoms with Gasteiger partial charge in [0, 0.05) is 22.6 Å². The zero-order valence-corrected chi connectivity index (χ0v) is 10.9. The van der Waals surface area contributed by atoms with Crippen LogP contribution in [0.5, 0.6) is 0 Å². The number of benzene rings is 1. The number of carbonyl (C=O) groups excluding carboxylic acids is 1. The van der Waals surface area contributed by atoms with Crippen LogP contribution >= 0.6 is 22.6 Å². The van der Waals surface area contributed by atoms with Crippen molar-refractivity contribution in [2.24, 2.45) is 0 Å². The van der Waals surface area contributed by atoms with E-state index in [1.165, 1.54) is 9.13 Å². The molecule has 2 rings (SSSR count). The largest absolute Gasteiger partial charge is 0.336 e. The van der Waals surface area contributed by atoms with Crippen molar-refractivity contribution in [3.8, 4) is 0 Å². The van der Waals surface area contributed by atoms with E-state index in [0.29, 0.717) is 18.4 Å². The first kappa shape index (κ1) is 10.9. The fourth-order valence-electron chi connectivity index (χ4n) is 1.91. The summed E-state index contributed by atoms with van der Waals surface area (Å²) >= 11 is 2.29. The molecule has 1 fully saturated rings. The van der Waals surface area contributed by atoms with E-state index in [4.69, 9.17) is 0 Å². The number of hydrogen-bond donors (Lipinski definition) is 0. The summed E-state index contributed by atoms with van der Waals surface area (Å²) in [5, 5.41) is 0. The highest BCUT2D eigenvalue weighted by Crippen LogP contribution is 2.21. The van der Waals surface area contributed by atoms with Crippen molar-refractivity contribution < 1.29 is 4.79 Å². The van der Waals surface area contributed by atoms with Crippen LogP contribution in [0.25, 0.3) is 0 Å². The lowest BCUT2D eigenvalue weighted by Crippen LogP contribution is -2.30. The van der Waals surface area contributed by atoms with E-state index in [9.17, 15) is 4.79 Å². The Bertz CT molecular complexity index is 360. The van der Waals surface area contributed by atoms with E-state index in [2.05, 4.69) is 53.8 Å². The Labute approximate surface area is 104 Å². The minimum absolute atomic E-state index is 0.293. The summed E-state index contributed by atoms with van der Waals surface area (Å²) in [7, 11) is 0. The Morgan fingerprint density at radius 2 is 2.07 bits per heavy atom. The van der Waals surface area contributed by atoms with E-state index in [0.717, 1.165) is 13.0 Å². The molecule has 0 aromatic heterocycles. The Balaban J connectivity index is 2.08. The van der Waals surface area contributed by atoms with Crippen molar-refractivity contribution in [2.45, 2.75) is 32.4 Å². The van der Waals surface area contributed by atoms with Crippen LogP contribution in [0.2, 0.25) is 0 Å². The quantitative estimate of drug-likeness (QED) is 0.769. The van der Waals surface area contributed by atoms with Gasteiger partial charge in [-0.05, 0) is 53.6 Å². The van der Waals surface area contributed by atoms with Crippen LogP contribution in [0, 0.1) is 3.57 Å². The third-order valence-electron chi connectivity index (χ3n) is 2.89. The average Bonchev–Trinajstić information content (AvgIpc) is 2.53. The van der Waals surface area contributed by atoms with Gasteiger partial charge in [-0.15, -0.1) is 0 Å². The average molecular weight is 315 g/mol. The fourth-order valence-corrected chi connectivity index (χ4v) is 2.27. The molecule has 1 aromatic rings. The summed E-state index contributed by atoms with van der Waals surface area (Å²) in [6.45, 7) is 2.88. The van der Waals surface area contributed by atoms with E-state index in [-0.39, 0.29) is 0 Å². The highest BCUT2D eigenvalue weighted by Gasteiger charge is 2.26.